The van der Waals surface area contributed by atoms with Gasteiger partial charge in [0, 0.05) is 23.1 Å². The van der Waals surface area contributed by atoms with Crippen molar-refractivity contribution in [3.05, 3.63) is 39.9 Å². The summed E-state index contributed by atoms with van der Waals surface area (Å²) >= 11 is 12.1. The van der Waals surface area contributed by atoms with Crippen LogP contribution in [0.25, 0.3) is 10.8 Å². The van der Waals surface area contributed by atoms with Crippen molar-refractivity contribution in [2.24, 2.45) is 0 Å². The molecule has 0 radical (unpaired) electrons. The van der Waals surface area contributed by atoms with Crippen molar-refractivity contribution >= 4 is 45.6 Å². The van der Waals surface area contributed by atoms with Gasteiger partial charge in [-0.05, 0) is 29.7 Å². The second-order valence-corrected chi connectivity index (χ2v) is 4.59. The van der Waals surface area contributed by atoms with Gasteiger partial charge in [-0.15, -0.1) is 0 Å². The van der Waals surface area contributed by atoms with Crippen molar-refractivity contribution in [2.75, 3.05) is 19.5 Å². The SMILES string of the molecule is CNc1cc(C(=O)OC)cc2cc(Cl)cc(Cl)c12. The molecule has 0 amide bonds. The quantitative estimate of drug-likeness (QED) is 0.848. The van der Waals surface area contributed by atoms with Crippen LogP contribution in [-0.4, -0.2) is 20.1 Å². The van der Waals surface area contributed by atoms with E-state index < -0.39 is 5.97 Å². The van der Waals surface area contributed by atoms with E-state index in [9.17, 15) is 4.79 Å². The first kappa shape index (κ1) is 13.0. The zero-order valence-electron chi connectivity index (χ0n) is 9.88. The predicted molar refractivity (Wildman–Crippen MR) is 74.9 cm³/mol. The van der Waals surface area contributed by atoms with Crippen LogP contribution in [0.2, 0.25) is 10.0 Å². The van der Waals surface area contributed by atoms with Gasteiger partial charge in [0.05, 0.1) is 17.7 Å². The topological polar surface area (TPSA) is 38.3 Å². The van der Waals surface area contributed by atoms with Crippen molar-refractivity contribution in [1.82, 2.24) is 0 Å². The molecule has 0 aromatic heterocycles. The Hall–Kier alpha value is -1.45. The summed E-state index contributed by atoms with van der Waals surface area (Å²) in [6.45, 7) is 0. The Balaban J connectivity index is 2.79. The first-order valence-corrected chi connectivity index (χ1v) is 6.01. The number of esters is 1. The number of fused-ring (bicyclic) bond motifs is 1. The molecule has 2 aromatic rings. The summed E-state index contributed by atoms with van der Waals surface area (Å²) in [7, 11) is 3.11. The lowest BCUT2D eigenvalue weighted by atomic mass is 10.0. The van der Waals surface area contributed by atoms with E-state index in [-0.39, 0.29) is 0 Å². The van der Waals surface area contributed by atoms with E-state index in [1.165, 1.54) is 7.11 Å². The number of hydrogen-bond donors (Lipinski definition) is 1. The number of carbonyl (C=O) groups is 1. The maximum absolute atomic E-state index is 11.6. The molecule has 0 unspecified atom stereocenters. The summed E-state index contributed by atoms with van der Waals surface area (Å²) in [5.41, 5.74) is 1.21. The molecule has 18 heavy (non-hydrogen) atoms. The van der Waals surface area contributed by atoms with Crippen LogP contribution in [0.5, 0.6) is 0 Å². The number of hydrogen-bond acceptors (Lipinski definition) is 3. The van der Waals surface area contributed by atoms with Gasteiger partial charge >= 0.3 is 5.97 Å². The lowest BCUT2D eigenvalue weighted by Crippen LogP contribution is -2.02. The Morgan fingerprint density at radius 3 is 2.56 bits per heavy atom. The molecule has 0 saturated carbocycles. The molecular formula is C13H11Cl2NO2. The summed E-state index contributed by atoms with van der Waals surface area (Å²) < 4.78 is 4.71. The molecule has 0 bridgehead atoms. The maximum atomic E-state index is 11.6. The van der Waals surface area contributed by atoms with E-state index in [0.717, 1.165) is 16.5 Å². The van der Waals surface area contributed by atoms with Crippen LogP contribution in [0.4, 0.5) is 5.69 Å². The number of methoxy groups -OCH3 is 1. The zero-order valence-corrected chi connectivity index (χ0v) is 11.4. The Bertz CT molecular complexity index is 626. The summed E-state index contributed by atoms with van der Waals surface area (Å²) in [4.78, 5) is 11.6. The molecule has 0 spiro atoms. The Kier molecular flexibility index (Phi) is 3.64. The number of ether oxygens (including phenoxy) is 1. The maximum Gasteiger partial charge on any atom is 0.337 e. The third-order valence-corrected chi connectivity index (χ3v) is 3.17. The molecule has 0 aliphatic carbocycles. The van der Waals surface area contributed by atoms with Gasteiger partial charge in [0.15, 0.2) is 0 Å². The van der Waals surface area contributed by atoms with E-state index >= 15 is 0 Å². The van der Waals surface area contributed by atoms with Crippen LogP contribution in [0, 0.1) is 0 Å². The van der Waals surface area contributed by atoms with Crippen molar-refractivity contribution in [2.45, 2.75) is 0 Å². The van der Waals surface area contributed by atoms with Crippen LogP contribution < -0.4 is 5.32 Å². The van der Waals surface area contributed by atoms with Gasteiger partial charge in [-0.3, -0.25) is 0 Å². The summed E-state index contributed by atoms with van der Waals surface area (Å²) in [6, 6.07) is 6.84. The molecule has 0 atom stereocenters. The van der Waals surface area contributed by atoms with E-state index in [1.54, 1.807) is 31.3 Å². The van der Waals surface area contributed by atoms with Crippen LogP contribution in [0.1, 0.15) is 10.4 Å². The van der Waals surface area contributed by atoms with Crippen molar-refractivity contribution in [1.29, 1.82) is 0 Å². The standard InChI is InChI=1S/C13H11Cl2NO2/c1-16-11-5-8(13(17)18-2)3-7-4-9(14)6-10(15)12(7)11/h3-6,16H,1-2H3. The van der Waals surface area contributed by atoms with Gasteiger partial charge in [-0.2, -0.15) is 0 Å². The van der Waals surface area contributed by atoms with Crippen LogP contribution in [0.15, 0.2) is 24.3 Å². The highest BCUT2D eigenvalue weighted by Crippen LogP contribution is 2.34. The predicted octanol–water partition coefficient (Wildman–Crippen LogP) is 3.97. The zero-order chi connectivity index (χ0) is 13.3. The normalized spacial score (nSPS) is 10.4. The number of rotatable bonds is 2. The van der Waals surface area contributed by atoms with E-state index in [4.69, 9.17) is 27.9 Å². The number of nitrogens with one attached hydrogen (secondary N) is 1. The van der Waals surface area contributed by atoms with Crippen LogP contribution in [0.3, 0.4) is 0 Å². The van der Waals surface area contributed by atoms with Gasteiger partial charge in [-0.25, -0.2) is 4.79 Å². The van der Waals surface area contributed by atoms with Crippen molar-refractivity contribution in [3.8, 4) is 0 Å². The summed E-state index contributed by atoms with van der Waals surface area (Å²) in [6.07, 6.45) is 0. The Morgan fingerprint density at radius 1 is 1.22 bits per heavy atom. The van der Waals surface area contributed by atoms with Gasteiger partial charge in [-0.1, -0.05) is 23.2 Å². The minimum atomic E-state index is -0.399. The first-order valence-electron chi connectivity index (χ1n) is 5.25. The second kappa shape index (κ2) is 5.04. The van der Waals surface area contributed by atoms with E-state index in [1.807, 2.05) is 0 Å². The van der Waals surface area contributed by atoms with Gasteiger partial charge in [0.25, 0.3) is 0 Å². The third kappa shape index (κ3) is 2.24. The number of anilines is 1. The lowest BCUT2D eigenvalue weighted by Gasteiger charge is -2.11. The molecule has 0 aliphatic heterocycles. The minimum Gasteiger partial charge on any atom is -0.465 e. The van der Waals surface area contributed by atoms with Gasteiger partial charge in [0.1, 0.15) is 0 Å². The summed E-state index contributed by atoms with van der Waals surface area (Å²) in [5.74, 6) is -0.399. The minimum absolute atomic E-state index is 0.399. The van der Waals surface area contributed by atoms with Gasteiger partial charge in [0.2, 0.25) is 0 Å². The molecule has 0 fully saturated rings. The van der Waals surface area contributed by atoms with E-state index in [2.05, 4.69) is 5.32 Å². The monoisotopic (exact) mass is 283 g/mol. The number of halogens is 2. The molecule has 1 N–H and O–H groups in total. The highest BCUT2D eigenvalue weighted by atomic mass is 35.5. The highest BCUT2D eigenvalue weighted by Gasteiger charge is 2.12. The van der Waals surface area contributed by atoms with Gasteiger partial charge < -0.3 is 10.1 Å². The van der Waals surface area contributed by atoms with Crippen molar-refractivity contribution < 1.29 is 9.53 Å². The molecule has 94 valence electrons. The Labute approximate surface area is 115 Å². The molecule has 0 saturated heterocycles. The fourth-order valence-corrected chi connectivity index (χ4v) is 2.47. The highest BCUT2D eigenvalue weighted by molar-refractivity contribution is 6.39. The summed E-state index contributed by atoms with van der Waals surface area (Å²) in [5, 5.41) is 5.70. The van der Waals surface area contributed by atoms with Crippen LogP contribution >= 0.6 is 23.2 Å². The second-order valence-electron chi connectivity index (χ2n) is 3.75. The third-order valence-electron chi connectivity index (χ3n) is 2.66. The number of benzene rings is 2. The average Bonchev–Trinajstić information content (AvgIpc) is 2.35. The molecule has 0 heterocycles. The Morgan fingerprint density at radius 2 is 1.94 bits per heavy atom. The fourth-order valence-electron chi connectivity index (χ4n) is 1.86. The van der Waals surface area contributed by atoms with Crippen molar-refractivity contribution in [3.63, 3.8) is 0 Å². The largest absolute Gasteiger partial charge is 0.465 e. The molecule has 5 heteroatoms. The van der Waals surface area contributed by atoms with Crippen LogP contribution in [-0.2, 0) is 4.74 Å². The molecule has 0 aliphatic rings. The molecule has 3 nitrogen and oxygen atoms in total. The smallest absolute Gasteiger partial charge is 0.337 e. The average molecular weight is 284 g/mol. The van der Waals surface area contributed by atoms with E-state index in [0.29, 0.717) is 15.6 Å². The molecule has 2 aromatic carbocycles. The first-order chi connectivity index (χ1) is 8.56. The lowest BCUT2D eigenvalue weighted by molar-refractivity contribution is 0.0601. The molecular weight excluding hydrogens is 273 g/mol. The fraction of sp³-hybridized carbons (Fsp3) is 0.154. The molecule has 2 rings (SSSR count). The number of carbonyl (C=O) groups excluding carboxylic acids is 1.